The average Bonchev–Trinajstić information content (AvgIpc) is 2.92. The fourth-order valence-corrected chi connectivity index (χ4v) is 2.53. The second kappa shape index (κ2) is 7.04. The molecular formula is C14H19N5O3. The summed E-state index contributed by atoms with van der Waals surface area (Å²) in [6.07, 6.45) is 6.50. The third-order valence-electron chi connectivity index (χ3n) is 3.67. The molecule has 1 amide bonds. The van der Waals surface area contributed by atoms with Gasteiger partial charge in [0.05, 0.1) is 11.5 Å². The molecule has 2 heterocycles. The van der Waals surface area contributed by atoms with Gasteiger partial charge in [-0.25, -0.2) is 0 Å². The Bertz CT molecular complexity index is 596. The Hall–Kier alpha value is -2.40. The van der Waals surface area contributed by atoms with Crippen molar-refractivity contribution in [3.8, 4) is 12.3 Å². The van der Waals surface area contributed by atoms with Crippen LogP contribution in [0.4, 0.5) is 5.69 Å². The molecule has 0 atom stereocenters. The van der Waals surface area contributed by atoms with Gasteiger partial charge in [0.25, 0.3) is 5.91 Å². The van der Waals surface area contributed by atoms with Crippen molar-refractivity contribution in [2.24, 2.45) is 0 Å². The largest absolute Gasteiger partial charge is 0.334 e. The van der Waals surface area contributed by atoms with Crippen molar-refractivity contribution >= 4 is 11.6 Å². The molecule has 1 aliphatic heterocycles. The fraction of sp³-hybridized carbons (Fsp3) is 0.571. The Morgan fingerprint density at radius 3 is 2.68 bits per heavy atom. The summed E-state index contributed by atoms with van der Waals surface area (Å²) in [4.78, 5) is 26.9. The van der Waals surface area contributed by atoms with Crippen LogP contribution in [0.1, 0.15) is 29.5 Å². The highest BCUT2D eigenvalue weighted by molar-refractivity contribution is 5.96. The van der Waals surface area contributed by atoms with E-state index >= 15 is 0 Å². The van der Waals surface area contributed by atoms with Crippen LogP contribution in [0, 0.1) is 22.5 Å². The van der Waals surface area contributed by atoms with Gasteiger partial charge in [-0.1, -0.05) is 19.3 Å². The van der Waals surface area contributed by atoms with Crippen molar-refractivity contribution in [1.29, 1.82) is 0 Å². The lowest BCUT2D eigenvalue weighted by molar-refractivity contribution is -0.385. The van der Waals surface area contributed by atoms with Gasteiger partial charge in [-0.15, -0.1) is 6.42 Å². The van der Waals surface area contributed by atoms with Gasteiger partial charge in [0, 0.05) is 26.2 Å². The number of H-pyrrole nitrogens is 1. The number of carbonyl (C=O) groups excluding carboxylic acids is 1. The van der Waals surface area contributed by atoms with Gasteiger partial charge < -0.3 is 4.90 Å². The number of aryl methyl sites for hydroxylation is 1. The fourth-order valence-electron chi connectivity index (χ4n) is 2.53. The van der Waals surface area contributed by atoms with Gasteiger partial charge in [-0.05, 0) is 6.42 Å². The first-order chi connectivity index (χ1) is 10.6. The topological polar surface area (TPSA) is 95.4 Å². The number of hydrogen-bond donors (Lipinski definition) is 1. The summed E-state index contributed by atoms with van der Waals surface area (Å²) in [5, 5.41) is 17.8. The van der Waals surface area contributed by atoms with Gasteiger partial charge in [0.15, 0.2) is 0 Å². The Morgan fingerprint density at radius 2 is 2.14 bits per heavy atom. The molecule has 1 saturated heterocycles. The molecule has 0 saturated carbocycles. The lowest BCUT2D eigenvalue weighted by Gasteiger charge is -2.33. The molecule has 0 aromatic carbocycles. The third kappa shape index (κ3) is 3.26. The van der Waals surface area contributed by atoms with E-state index in [0.29, 0.717) is 44.8 Å². The molecular weight excluding hydrogens is 286 g/mol. The zero-order chi connectivity index (χ0) is 16.1. The van der Waals surface area contributed by atoms with Crippen molar-refractivity contribution in [2.45, 2.75) is 19.8 Å². The lowest BCUT2D eigenvalue weighted by Crippen LogP contribution is -2.48. The van der Waals surface area contributed by atoms with E-state index in [4.69, 9.17) is 6.42 Å². The Morgan fingerprint density at radius 1 is 1.45 bits per heavy atom. The van der Waals surface area contributed by atoms with E-state index in [1.54, 1.807) is 4.90 Å². The van der Waals surface area contributed by atoms with Crippen molar-refractivity contribution in [3.05, 3.63) is 21.5 Å². The van der Waals surface area contributed by atoms with E-state index in [-0.39, 0.29) is 11.4 Å². The van der Waals surface area contributed by atoms with Gasteiger partial charge in [-0.2, -0.15) is 5.10 Å². The third-order valence-corrected chi connectivity index (χ3v) is 3.67. The maximum absolute atomic E-state index is 12.5. The molecule has 8 nitrogen and oxygen atoms in total. The molecule has 1 aromatic rings. The average molecular weight is 305 g/mol. The zero-order valence-electron chi connectivity index (χ0n) is 12.5. The van der Waals surface area contributed by atoms with Crippen LogP contribution in [0.3, 0.4) is 0 Å². The van der Waals surface area contributed by atoms with Gasteiger partial charge in [-0.3, -0.25) is 24.9 Å². The number of aromatic nitrogens is 2. The number of piperazine rings is 1. The van der Waals surface area contributed by atoms with Crippen LogP contribution in [-0.4, -0.2) is 63.6 Å². The molecule has 118 valence electrons. The monoisotopic (exact) mass is 305 g/mol. The number of amides is 1. The SMILES string of the molecule is C#CCN1CCN(C(=O)c2n[nH]c(CCC)c2[N+](=O)[O-])CC1. The molecule has 1 N–H and O–H groups in total. The van der Waals surface area contributed by atoms with Gasteiger partial charge in [0.1, 0.15) is 5.69 Å². The summed E-state index contributed by atoms with van der Waals surface area (Å²) < 4.78 is 0. The Balaban J connectivity index is 2.14. The minimum absolute atomic E-state index is 0.0983. The van der Waals surface area contributed by atoms with Crippen LogP contribution in [0.25, 0.3) is 0 Å². The van der Waals surface area contributed by atoms with E-state index in [9.17, 15) is 14.9 Å². The normalized spacial score (nSPS) is 15.5. The summed E-state index contributed by atoms with van der Waals surface area (Å²) in [7, 11) is 0. The number of nitrogens with zero attached hydrogens (tertiary/aromatic N) is 4. The number of carbonyl (C=O) groups is 1. The van der Waals surface area contributed by atoms with Crippen molar-refractivity contribution in [2.75, 3.05) is 32.7 Å². The quantitative estimate of drug-likeness (QED) is 0.490. The molecule has 0 radical (unpaired) electrons. The summed E-state index contributed by atoms with van der Waals surface area (Å²) in [5.41, 5.74) is 0.110. The van der Waals surface area contributed by atoms with Crippen LogP contribution in [0.5, 0.6) is 0 Å². The maximum Gasteiger partial charge on any atom is 0.322 e. The first-order valence-electron chi connectivity index (χ1n) is 7.25. The van der Waals surface area contributed by atoms with E-state index in [1.165, 1.54) is 0 Å². The second-order valence-corrected chi connectivity index (χ2v) is 5.18. The van der Waals surface area contributed by atoms with Gasteiger partial charge in [0.2, 0.25) is 5.69 Å². The number of rotatable bonds is 5. The maximum atomic E-state index is 12.5. The molecule has 0 spiro atoms. The lowest BCUT2D eigenvalue weighted by atomic mass is 10.2. The second-order valence-electron chi connectivity index (χ2n) is 5.18. The number of hydrogen-bond acceptors (Lipinski definition) is 5. The molecule has 1 fully saturated rings. The number of terminal acetylenes is 1. The predicted molar refractivity (Wildman–Crippen MR) is 80.4 cm³/mol. The van der Waals surface area contributed by atoms with Crippen LogP contribution < -0.4 is 0 Å². The Labute approximate surface area is 128 Å². The van der Waals surface area contributed by atoms with E-state index in [0.717, 1.165) is 6.42 Å². The number of nitro groups is 1. The first kappa shape index (κ1) is 16.0. The van der Waals surface area contributed by atoms with E-state index in [2.05, 4.69) is 21.0 Å². The van der Waals surface area contributed by atoms with Gasteiger partial charge >= 0.3 is 5.69 Å². The summed E-state index contributed by atoms with van der Waals surface area (Å²) in [6, 6.07) is 0. The smallest absolute Gasteiger partial charge is 0.322 e. The standard InChI is InChI=1S/C14H19N5O3/c1-3-5-11-13(19(21)22)12(16-15-11)14(20)18-9-7-17(6-4-2)8-10-18/h2H,3,5-10H2,1H3,(H,15,16). The summed E-state index contributed by atoms with van der Waals surface area (Å²) in [5.74, 6) is 2.17. The highest BCUT2D eigenvalue weighted by Gasteiger charge is 2.32. The number of nitrogens with one attached hydrogen (secondary N) is 1. The van der Waals surface area contributed by atoms with Crippen LogP contribution in [0.15, 0.2) is 0 Å². The summed E-state index contributed by atoms with van der Waals surface area (Å²) in [6.45, 7) is 4.77. The van der Waals surface area contributed by atoms with Crippen molar-refractivity contribution in [1.82, 2.24) is 20.0 Å². The Kier molecular flexibility index (Phi) is 5.12. The van der Waals surface area contributed by atoms with Crippen LogP contribution in [-0.2, 0) is 6.42 Å². The minimum atomic E-state index is -0.531. The minimum Gasteiger partial charge on any atom is -0.334 e. The molecule has 0 aliphatic carbocycles. The highest BCUT2D eigenvalue weighted by atomic mass is 16.6. The van der Waals surface area contributed by atoms with Crippen molar-refractivity contribution < 1.29 is 9.72 Å². The van der Waals surface area contributed by atoms with Crippen molar-refractivity contribution in [3.63, 3.8) is 0 Å². The summed E-state index contributed by atoms with van der Waals surface area (Å²) >= 11 is 0. The highest BCUT2D eigenvalue weighted by Crippen LogP contribution is 2.24. The zero-order valence-corrected chi connectivity index (χ0v) is 12.5. The molecule has 0 bridgehead atoms. The molecule has 1 aromatic heterocycles. The first-order valence-corrected chi connectivity index (χ1v) is 7.25. The van der Waals surface area contributed by atoms with E-state index in [1.807, 2.05) is 6.92 Å². The molecule has 8 heteroatoms. The molecule has 0 unspecified atom stereocenters. The van der Waals surface area contributed by atoms with E-state index < -0.39 is 10.8 Å². The predicted octanol–water partition coefficient (Wildman–Crippen LogP) is 0.661. The number of aromatic amines is 1. The van der Waals surface area contributed by atoms with Crippen LogP contribution >= 0.6 is 0 Å². The molecule has 1 aliphatic rings. The van der Waals surface area contributed by atoms with Crippen LogP contribution in [0.2, 0.25) is 0 Å². The molecule has 22 heavy (non-hydrogen) atoms. The molecule has 2 rings (SSSR count).